The number of alkyl halides is 3. The molecule has 3 nitrogen and oxygen atoms in total. The summed E-state index contributed by atoms with van der Waals surface area (Å²) in [7, 11) is 0. The van der Waals surface area contributed by atoms with E-state index in [1.165, 1.54) is 0 Å². The minimum atomic E-state index is -4.86. The molecule has 6 heteroatoms. The standard InChI is InChI=1S/C20H20F3NO2/c1-13-12-24(19(26)20(21,22)23)8-7-15-11-18(25)16(10-17(13)15)9-14-5-3-2-4-6-14/h2-6,10-11,13,25H,7-9,12H2,1H3. The van der Waals surface area contributed by atoms with Crippen LogP contribution in [0.5, 0.6) is 5.75 Å². The van der Waals surface area contributed by atoms with Crippen LogP contribution in [-0.2, 0) is 17.6 Å². The highest BCUT2D eigenvalue weighted by Crippen LogP contribution is 2.33. The summed E-state index contributed by atoms with van der Waals surface area (Å²) in [5.41, 5.74) is 3.46. The molecule has 0 radical (unpaired) electrons. The lowest BCUT2D eigenvalue weighted by Gasteiger charge is -2.24. The minimum Gasteiger partial charge on any atom is -0.508 e. The van der Waals surface area contributed by atoms with Gasteiger partial charge in [0.2, 0.25) is 0 Å². The lowest BCUT2D eigenvalue weighted by Crippen LogP contribution is -2.42. The Kier molecular flexibility index (Phi) is 4.94. The van der Waals surface area contributed by atoms with Crippen molar-refractivity contribution in [2.24, 2.45) is 0 Å². The van der Waals surface area contributed by atoms with E-state index in [1.54, 1.807) is 6.07 Å². The number of halogens is 3. The SMILES string of the molecule is CC1CN(C(=O)C(F)(F)F)CCc2cc(O)c(Cc3ccccc3)cc21. The molecule has 3 rings (SSSR count). The van der Waals surface area contributed by atoms with Gasteiger partial charge < -0.3 is 10.0 Å². The first-order valence-electron chi connectivity index (χ1n) is 8.50. The highest BCUT2D eigenvalue weighted by molar-refractivity contribution is 5.82. The number of carbonyl (C=O) groups excluding carboxylic acids is 1. The minimum absolute atomic E-state index is 0.00679. The van der Waals surface area contributed by atoms with Crippen molar-refractivity contribution in [3.05, 3.63) is 64.7 Å². The maximum atomic E-state index is 12.8. The maximum Gasteiger partial charge on any atom is 0.471 e. The van der Waals surface area contributed by atoms with Crippen LogP contribution in [0.1, 0.15) is 35.1 Å². The van der Waals surface area contributed by atoms with Crippen molar-refractivity contribution in [3.8, 4) is 5.75 Å². The van der Waals surface area contributed by atoms with Crippen LogP contribution in [0.2, 0.25) is 0 Å². The van der Waals surface area contributed by atoms with Gasteiger partial charge in [0, 0.05) is 19.5 Å². The third-order valence-corrected chi connectivity index (χ3v) is 4.78. The molecule has 1 aliphatic heterocycles. The quantitative estimate of drug-likeness (QED) is 0.875. The van der Waals surface area contributed by atoms with Crippen molar-refractivity contribution in [3.63, 3.8) is 0 Å². The molecular weight excluding hydrogens is 343 g/mol. The topological polar surface area (TPSA) is 40.5 Å². The first-order chi connectivity index (χ1) is 12.3. The molecule has 1 amide bonds. The summed E-state index contributed by atoms with van der Waals surface area (Å²) in [5, 5.41) is 10.3. The van der Waals surface area contributed by atoms with Crippen LogP contribution >= 0.6 is 0 Å². The van der Waals surface area contributed by atoms with Gasteiger partial charge in [-0.25, -0.2) is 0 Å². The van der Waals surface area contributed by atoms with E-state index < -0.39 is 12.1 Å². The van der Waals surface area contributed by atoms with Crippen molar-refractivity contribution < 1.29 is 23.1 Å². The number of phenols is 1. The number of phenolic OH excluding ortho intramolecular Hbond substituents is 1. The lowest BCUT2D eigenvalue weighted by atomic mass is 9.91. The molecule has 1 heterocycles. The highest BCUT2D eigenvalue weighted by atomic mass is 19.4. The zero-order valence-corrected chi connectivity index (χ0v) is 14.4. The van der Waals surface area contributed by atoms with E-state index >= 15 is 0 Å². The molecule has 0 fully saturated rings. The molecule has 1 aliphatic rings. The second-order valence-corrected chi connectivity index (χ2v) is 6.74. The van der Waals surface area contributed by atoms with E-state index in [0.717, 1.165) is 27.2 Å². The predicted molar refractivity (Wildman–Crippen MR) is 92.1 cm³/mol. The fraction of sp³-hybridized carbons (Fsp3) is 0.350. The van der Waals surface area contributed by atoms with E-state index in [9.17, 15) is 23.1 Å². The van der Waals surface area contributed by atoms with Crippen LogP contribution in [0, 0.1) is 0 Å². The molecule has 1 atom stereocenters. The summed E-state index contributed by atoms with van der Waals surface area (Å²) in [6, 6.07) is 13.2. The molecular formula is C20H20F3NO2. The largest absolute Gasteiger partial charge is 0.508 e. The summed E-state index contributed by atoms with van der Waals surface area (Å²) >= 11 is 0. The van der Waals surface area contributed by atoms with Gasteiger partial charge in [-0.2, -0.15) is 13.2 Å². The van der Waals surface area contributed by atoms with E-state index in [1.807, 2.05) is 43.3 Å². The van der Waals surface area contributed by atoms with Gasteiger partial charge in [0.25, 0.3) is 0 Å². The van der Waals surface area contributed by atoms with Gasteiger partial charge in [-0.1, -0.05) is 43.3 Å². The number of aromatic hydroxyl groups is 1. The van der Waals surface area contributed by atoms with Gasteiger partial charge >= 0.3 is 12.1 Å². The van der Waals surface area contributed by atoms with Crippen LogP contribution in [-0.4, -0.2) is 35.2 Å². The summed E-state index contributed by atoms with van der Waals surface area (Å²) in [4.78, 5) is 12.5. The number of benzene rings is 2. The smallest absolute Gasteiger partial charge is 0.471 e. The Bertz CT molecular complexity index is 803. The Balaban J connectivity index is 1.87. The van der Waals surface area contributed by atoms with Crippen molar-refractivity contribution >= 4 is 5.91 Å². The summed E-state index contributed by atoms with van der Waals surface area (Å²) in [5.74, 6) is -1.91. The van der Waals surface area contributed by atoms with Gasteiger partial charge in [0.1, 0.15) is 5.75 Å². The molecule has 1 unspecified atom stereocenters. The van der Waals surface area contributed by atoms with Crippen LogP contribution in [0.15, 0.2) is 42.5 Å². The molecule has 138 valence electrons. The second-order valence-electron chi connectivity index (χ2n) is 6.74. The Labute approximate surface area is 150 Å². The third-order valence-electron chi connectivity index (χ3n) is 4.78. The molecule has 0 spiro atoms. The van der Waals surface area contributed by atoms with Gasteiger partial charge in [-0.05, 0) is 40.7 Å². The van der Waals surface area contributed by atoms with Crippen molar-refractivity contribution in [2.45, 2.75) is 31.9 Å². The fourth-order valence-electron chi connectivity index (χ4n) is 3.47. The van der Waals surface area contributed by atoms with Crippen LogP contribution < -0.4 is 0 Å². The summed E-state index contributed by atoms with van der Waals surface area (Å²) in [6.45, 7) is 1.82. The average Bonchev–Trinajstić information content (AvgIpc) is 2.74. The Morgan fingerprint density at radius 2 is 1.92 bits per heavy atom. The van der Waals surface area contributed by atoms with Gasteiger partial charge in [-0.3, -0.25) is 4.79 Å². The Hall–Kier alpha value is -2.50. The number of carbonyl (C=O) groups is 1. The Morgan fingerprint density at radius 3 is 2.58 bits per heavy atom. The van der Waals surface area contributed by atoms with E-state index in [4.69, 9.17) is 0 Å². The van der Waals surface area contributed by atoms with Gasteiger partial charge in [0.05, 0.1) is 0 Å². The number of fused-ring (bicyclic) bond motifs is 1. The number of amides is 1. The van der Waals surface area contributed by atoms with Crippen LogP contribution in [0.4, 0.5) is 13.2 Å². The van der Waals surface area contributed by atoms with Crippen LogP contribution in [0.3, 0.4) is 0 Å². The van der Waals surface area contributed by atoms with Crippen molar-refractivity contribution in [1.29, 1.82) is 0 Å². The number of hydrogen-bond acceptors (Lipinski definition) is 2. The zero-order chi connectivity index (χ0) is 18.9. The molecule has 0 saturated heterocycles. The monoisotopic (exact) mass is 363 g/mol. The van der Waals surface area contributed by atoms with E-state index in [0.29, 0.717) is 12.8 Å². The summed E-state index contributed by atoms with van der Waals surface area (Å²) < 4.78 is 38.3. The molecule has 26 heavy (non-hydrogen) atoms. The molecule has 1 N–H and O–H groups in total. The summed E-state index contributed by atoms with van der Waals surface area (Å²) in [6.07, 6.45) is -4.03. The normalized spacial score (nSPS) is 17.5. The van der Waals surface area contributed by atoms with E-state index in [-0.39, 0.29) is 24.8 Å². The number of rotatable bonds is 2. The van der Waals surface area contributed by atoms with E-state index in [2.05, 4.69) is 0 Å². The predicted octanol–water partition coefficient (Wildman–Crippen LogP) is 4.03. The van der Waals surface area contributed by atoms with Crippen molar-refractivity contribution in [1.82, 2.24) is 4.90 Å². The maximum absolute atomic E-state index is 12.8. The van der Waals surface area contributed by atoms with Gasteiger partial charge in [0.15, 0.2) is 0 Å². The number of nitrogens with zero attached hydrogens (tertiary/aromatic N) is 1. The van der Waals surface area contributed by atoms with Gasteiger partial charge in [-0.15, -0.1) is 0 Å². The molecule has 0 aromatic heterocycles. The third kappa shape index (κ3) is 3.84. The van der Waals surface area contributed by atoms with Crippen molar-refractivity contribution in [2.75, 3.05) is 13.1 Å². The Morgan fingerprint density at radius 1 is 1.23 bits per heavy atom. The first kappa shape index (κ1) is 18.3. The average molecular weight is 363 g/mol. The lowest BCUT2D eigenvalue weighted by molar-refractivity contribution is -0.185. The number of hydrogen-bond donors (Lipinski definition) is 1. The molecule has 0 aliphatic carbocycles. The molecule has 0 bridgehead atoms. The molecule has 2 aromatic rings. The van der Waals surface area contributed by atoms with Crippen LogP contribution in [0.25, 0.3) is 0 Å². The second kappa shape index (κ2) is 7.02. The fourth-order valence-corrected chi connectivity index (χ4v) is 3.47. The first-order valence-corrected chi connectivity index (χ1v) is 8.50. The highest BCUT2D eigenvalue weighted by Gasteiger charge is 2.43. The zero-order valence-electron chi connectivity index (χ0n) is 14.4. The molecule has 2 aromatic carbocycles. The molecule has 0 saturated carbocycles.